The van der Waals surface area contributed by atoms with E-state index < -0.39 is 23.6 Å². The van der Waals surface area contributed by atoms with Gasteiger partial charge in [0.05, 0.1) is 24.0 Å². The number of aliphatic hydroxyl groups is 1. The maximum atomic E-state index is 14.4. The van der Waals surface area contributed by atoms with Gasteiger partial charge < -0.3 is 10.4 Å². The van der Waals surface area contributed by atoms with Crippen LogP contribution in [0.25, 0.3) is 0 Å². The zero-order valence-electron chi connectivity index (χ0n) is 15.0. The molecule has 0 saturated carbocycles. The van der Waals surface area contributed by atoms with Gasteiger partial charge in [0.15, 0.2) is 11.6 Å². The minimum absolute atomic E-state index is 0.0945. The molecule has 1 amide bonds. The number of hydroxylamine groups is 1. The second-order valence-corrected chi connectivity index (χ2v) is 7.24. The lowest BCUT2D eigenvalue weighted by Gasteiger charge is -2.15. The van der Waals surface area contributed by atoms with E-state index in [-0.39, 0.29) is 17.9 Å². The highest BCUT2D eigenvalue weighted by Gasteiger charge is 2.20. The van der Waals surface area contributed by atoms with Gasteiger partial charge in [0.1, 0.15) is 0 Å². The van der Waals surface area contributed by atoms with Crippen LogP contribution in [0, 0.1) is 22.1 Å². The number of carbonyl (C=O) groups excluding carboxylic acids is 1. The number of aliphatic hydroxyl groups excluding tert-OH is 1. The maximum Gasteiger partial charge on any atom is 0.277 e. The van der Waals surface area contributed by atoms with Crippen molar-refractivity contribution in [1.82, 2.24) is 5.48 Å². The SMILES string of the molecule is CCC(O)CCONC(=O)c1ccc(F)c(F)c1Nc1ccc(I)cc1C. The van der Waals surface area contributed by atoms with Crippen LogP contribution in [0.1, 0.15) is 35.7 Å². The quantitative estimate of drug-likeness (QED) is 0.291. The maximum absolute atomic E-state index is 14.4. The number of aryl methyl sites for hydroxylation is 1. The van der Waals surface area contributed by atoms with E-state index in [9.17, 15) is 18.7 Å². The molecule has 0 aliphatic carbocycles. The van der Waals surface area contributed by atoms with Crippen LogP contribution < -0.4 is 10.8 Å². The number of nitrogens with one attached hydrogen (secondary N) is 2. The number of hydrogen-bond donors (Lipinski definition) is 3. The standard InChI is InChI=1S/C19H21F2IN2O3/c1-3-13(25)8-9-27-24-19(26)14-5-6-15(20)17(21)18(14)23-16-7-4-12(22)10-11(16)2/h4-7,10,13,23,25H,3,8-9H2,1-2H3,(H,24,26). The van der Waals surface area contributed by atoms with Crippen molar-refractivity contribution in [3.8, 4) is 0 Å². The van der Waals surface area contributed by atoms with Gasteiger partial charge in [0.2, 0.25) is 0 Å². The van der Waals surface area contributed by atoms with Gasteiger partial charge >= 0.3 is 0 Å². The van der Waals surface area contributed by atoms with Crippen LogP contribution in [0.2, 0.25) is 0 Å². The van der Waals surface area contributed by atoms with Crippen LogP contribution in [0.15, 0.2) is 30.3 Å². The topological polar surface area (TPSA) is 70.6 Å². The van der Waals surface area contributed by atoms with E-state index in [1.807, 2.05) is 26.0 Å². The van der Waals surface area contributed by atoms with E-state index in [1.165, 1.54) is 6.07 Å². The van der Waals surface area contributed by atoms with Gasteiger partial charge in [-0.3, -0.25) is 9.63 Å². The van der Waals surface area contributed by atoms with Crippen LogP contribution >= 0.6 is 22.6 Å². The number of amides is 1. The number of carbonyl (C=O) groups is 1. The third kappa shape index (κ3) is 5.85. The zero-order valence-corrected chi connectivity index (χ0v) is 17.1. The van der Waals surface area contributed by atoms with Gasteiger partial charge in [-0.1, -0.05) is 6.92 Å². The van der Waals surface area contributed by atoms with Gasteiger partial charge in [-0.25, -0.2) is 14.3 Å². The predicted molar refractivity (Wildman–Crippen MR) is 108 cm³/mol. The molecule has 3 N–H and O–H groups in total. The summed E-state index contributed by atoms with van der Waals surface area (Å²) in [5.74, 6) is -2.93. The number of anilines is 2. The summed E-state index contributed by atoms with van der Waals surface area (Å²) in [6.45, 7) is 3.75. The Labute approximate surface area is 170 Å². The molecule has 0 aromatic heterocycles. The molecule has 0 aliphatic heterocycles. The Morgan fingerprint density at radius 2 is 2.04 bits per heavy atom. The summed E-state index contributed by atoms with van der Waals surface area (Å²) in [5.41, 5.74) is 3.21. The third-order valence-electron chi connectivity index (χ3n) is 3.98. The molecular formula is C19H21F2IN2O3. The Morgan fingerprint density at radius 1 is 1.30 bits per heavy atom. The minimum Gasteiger partial charge on any atom is -0.393 e. The fraction of sp³-hybridized carbons (Fsp3) is 0.316. The first kappa shape index (κ1) is 21.5. The largest absolute Gasteiger partial charge is 0.393 e. The average molecular weight is 490 g/mol. The van der Waals surface area contributed by atoms with Crippen molar-refractivity contribution < 1.29 is 23.5 Å². The third-order valence-corrected chi connectivity index (χ3v) is 4.65. The zero-order chi connectivity index (χ0) is 20.0. The van der Waals surface area contributed by atoms with Gasteiger partial charge in [-0.2, -0.15) is 0 Å². The molecule has 27 heavy (non-hydrogen) atoms. The summed E-state index contributed by atoms with van der Waals surface area (Å²) in [4.78, 5) is 17.4. The first-order valence-electron chi connectivity index (χ1n) is 8.44. The van der Waals surface area contributed by atoms with Crippen LogP contribution in [-0.2, 0) is 4.84 Å². The minimum atomic E-state index is -1.15. The molecule has 1 unspecified atom stereocenters. The van der Waals surface area contributed by atoms with Crippen molar-refractivity contribution in [2.24, 2.45) is 0 Å². The van der Waals surface area contributed by atoms with Gasteiger partial charge in [-0.15, -0.1) is 0 Å². The van der Waals surface area contributed by atoms with Crippen molar-refractivity contribution >= 4 is 39.9 Å². The Balaban J connectivity index is 2.19. The molecule has 0 radical (unpaired) electrons. The molecular weight excluding hydrogens is 469 g/mol. The summed E-state index contributed by atoms with van der Waals surface area (Å²) >= 11 is 2.15. The molecule has 0 saturated heterocycles. The molecule has 0 bridgehead atoms. The number of rotatable bonds is 8. The molecule has 8 heteroatoms. The van der Waals surface area contributed by atoms with E-state index in [0.29, 0.717) is 18.5 Å². The van der Waals surface area contributed by atoms with Crippen LogP contribution in [-0.4, -0.2) is 23.7 Å². The van der Waals surface area contributed by atoms with Crippen LogP contribution in [0.4, 0.5) is 20.2 Å². The second-order valence-electron chi connectivity index (χ2n) is 6.00. The molecule has 2 aromatic rings. The Kier molecular flexibility index (Phi) is 7.93. The Morgan fingerprint density at radius 3 is 2.70 bits per heavy atom. The number of hydrogen-bond acceptors (Lipinski definition) is 4. The van der Waals surface area contributed by atoms with E-state index in [2.05, 4.69) is 33.4 Å². The van der Waals surface area contributed by atoms with Gasteiger partial charge in [0, 0.05) is 9.26 Å². The van der Waals surface area contributed by atoms with Gasteiger partial charge in [0.25, 0.3) is 5.91 Å². The normalized spacial score (nSPS) is 11.9. The molecule has 2 aromatic carbocycles. The van der Waals surface area contributed by atoms with Crippen molar-refractivity contribution in [2.75, 3.05) is 11.9 Å². The van der Waals surface area contributed by atoms with Crippen LogP contribution in [0.3, 0.4) is 0 Å². The summed E-state index contributed by atoms with van der Waals surface area (Å²) in [7, 11) is 0. The highest BCUT2D eigenvalue weighted by Crippen LogP contribution is 2.28. The van der Waals surface area contributed by atoms with Crippen molar-refractivity contribution in [2.45, 2.75) is 32.8 Å². The van der Waals surface area contributed by atoms with Crippen molar-refractivity contribution in [1.29, 1.82) is 0 Å². The monoisotopic (exact) mass is 490 g/mol. The molecule has 146 valence electrons. The summed E-state index contributed by atoms with van der Waals surface area (Å²) in [5, 5.41) is 12.3. The predicted octanol–water partition coefficient (Wildman–Crippen LogP) is 4.44. The van der Waals surface area contributed by atoms with Crippen molar-refractivity contribution in [3.05, 3.63) is 56.7 Å². The molecule has 0 fully saturated rings. The molecule has 1 atom stereocenters. The molecule has 0 heterocycles. The lowest BCUT2D eigenvalue weighted by Crippen LogP contribution is -2.26. The molecule has 2 rings (SSSR count). The summed E-state index contributed by atoms with van der Waals surface area (Å²) in [6, 6.07) is 7.49. The van der Waals surface area contributed by atoms with Crippen molar-refractivity contribution in [3.63, 3.8) is 0 Å². The number of benzene rings is 2. The van der Waals surface area contributed by atoms with E-state index >= 15 is 0 Å². The fourth-order valence-electron chi connectivity index (χ4n) is 2.33. The second kappa shape index (κ2) is 9.95. The molecule has 0 spiro atoms. The van der Waals surface area contributed by atoms with E-state index in [0.717, 1.165) is 15.2 Å². The first-order chi connectivity index (χ1) is 12.8. The van der Waals surface area contributed by atoms with E-state index in [1.54, 1.807) is 6.07 Å². The van der Waals surface area contributed by atoms with Gasteiger partial charge in [-0.05, 0) is 78.3 Å². The highest BCUT2D eigenvalue weighted by molar-refractivity contribution is 14.1. The summed E-state index contributed by atoms with van der Waals surface area (Å²) < 4.78 is 29.1. The first-order valence-corrected chi connectivity index (χ1v) is 9.52. The smallest absolute Gasteiger partial charge is 0.277 e. The van der Waals surface area contributed by atoms with E-state index in [4.69, 9.17) is 4.84 Å². The average Bonchev–Trinajstić information content (AvgIpc) is 2.64. The Bertz CT molecular complexity index is 818. The summed E-state index contributed by atoms with van der Waals surface area (Å²) in [6.07, 6.45) is 0.400. The fourth-order valence-corrected chi connectivity index (χ4v) is 2.98. The molecule has 0 aliphatic rings. The Hall–Kier alpha value is -1.78. The lowest BCUT2D eigenvalue weighted by atomic mass is 10.1. The molecule has 5 nitrogen and oxygen atoms in total. The van der Waals surface area contributed by atoms with Crippen LogP contribution in [0.5, 0.6) is 0 Å². The highest BCUT2D eigenvalue weighted by atomic mass is 127. The lowest BCUT2D eigenvalue weighted by molar-refractivity contribution is 0.0161. The number of halogens is 3.